The van der Waals surface area contributed by atoms with Gasteiger partial charge in [0, 0.05) is 22.8 Å². The molecule has 3 N–H and O–H groups in total. The summed E-state index contributed by atoms with van der Waals surface area (Å²) in [6, 6.07) is 4.41. The van der Waals surface area contributed by atoms with E-state index in [1.807, 2.05) is 6.92 Å². The van der Waals surface area contributed by atoms with E-state index in [-0.39, 0.29) is 23.7 Å². The summed E-state index contributed by atoms with van der Waals surface area (Å²) in [4.78, 5) is 22.8. The van der Waals surface area contributed by atoms with Gasteiger partial charge >= 0.3 is 12.0 Å². The quantitative estimate of drug-likeness (QED) is 0.756. The number of carbonyl (C=O) groups is 2. The maximum Gasteiger partial charge on any atom is 0.336 e. The Bertz CT molecular complexity index is 544. The van der Waals surface area contributed by atoms with E-state index in [2.05, 4.69) is 26.6 Å². The Labute approximate surface area is 131 Å². The van der Waals surface area contributed by atoms with E-state index >= 15 is 0 Å². The number of halogens is 1. The number of anilines is 1. The fraction of sp³-hybridized carbons (Fsp3) is 0.429. The molecule has 114 valence electrons. The zero-order valence-electron chi connectivity index (χ0n) is 11.6. The molecule has 0 aliphatic heterocycles. The van der Waals surface area contributed by atoms with Crippen molar-refractivity contribution >= 4 is 33.6 Å². The van der Waals surface area contributed by atoms with Crippen molar-refractivity contribution in [2.75, 3.05) is 11.9 Å². The van der Waals surface area contributed by atoms with E-state index < -0.39 is 5.97 Å². The second kappa shape index (κ2) is 6.91. The van der Waals surface area contributed by atoms with Gasteiger partial charge in [-0.1, -0.05) is 0 Å². The number of carbonyl (C=O) groups excluding carboxylic acids is 1. The maximum absolute atomic E-state index is 11.8. The Morgan fingerprint density at radius 1 is 1.43 bits per heavy atom. The molecule has 1 aliphatic carbocycles. The Hall–Kier alpha value is -1.60. The standard InChI is InChI=1S/C14H17BrN2O4/c1-2-21-10-5-9(6-10)17-14(20)16-8-3-4-12(15)11(7-8)13(18)19/h3-4,7,9-10H,2,5-6H2,1H3,(H,18,19)(H2,16,17,20). The summed E-state index contributed by atoms with van der Waals surface area (Å²) in [7, 11) is 0. The summed E-state index contributed by atoms with van der Waals surface area (Å²) in [5.41, 5.74) is 0.543. The van der Waals surface area contributed by atoms with Gasteiger partial charge in [-0.3, -0.25) is 0 Å². The van der Waals surface area contributed by atoms with Crippen LogP contribution in [-0.4, -0.2) is 35.9 Å². The van der Waals surface area contributed by atoms with Crippen LogP contribution in [0, 0.1) is 0 Å². The summed E-state index contributed by atoms with van der Waals surface area (Å²) in [5.74, 6) is -1.05. The fourth-order valence-electron chi connectivity index (χ4n) is 2.17. The minimum atomic E-state index is -1.05. The van der Waals surface area contributed by atoms with Gasteiger partial charge in [-0.2, -0.15) is 0 Å². The van der Waals surface area contributed by atoms with Gasteiger partial charge in [0.05, 0.1) is 11.7 Å². The topological polar surface area (TPSA) is 87.7 Å². The molecule has 1 aromatic rings. The summed E-state index contributed by atoms with van der Waals surface area (Å²) < 4.78 is 5.89. The van der Waals surface area contributed by atoms with E-state index in [1.54, 1.807) is 12.1 Å². The van der Waals surface area contributed by atoms with Crippen molar-refractivity contribution in [2.24, 2.45) is 0 Å². The van der Waals surface area contributed by atoms with Gasteiger partial charge in [-0.15, -0.1) is 0 Å². The third-order valence-electron chi connectivity index (χ3n) is 3.29. The van der Waals surface area contributed by atoms with Gasteiger partial charge in [0.15, 0.2) is 0 Å². The second-order valence-corrected chi connectivity index (χ2v) is 5.70. The highest BCUT2D eigenvalue weighted by atomic mass is 79.9. The molecule has 7 heteroatoms. The number of aromatic carboxylic acids is 1. The highest BCUT2D eigenvalue weighted by Gasteiger charge is 2.30. The molecule has 6 nitrogen and oxygen atoms in total. The van der Waals surface area contributed by atoms with Crippen molar-refractivity contribution in [1.82, 2.24) is 5.32 Å². The highest BCUT2D eigenvalue weighted by Crippen LogP contribution is 2.24. The third-order valence-corrected chi connectivity index (χ3v) is 3.98. The van der Waals surface area contributed by atoms with Crippen LogP contribution in [0.25, 0.3) is 0 Å². The van der Waals surface area contributed by atoms with Crippen LogP contribution in [-0.2, 0) is 4.74 Å². The Morgan fingerprint density at radius 3 is 2.76 bits per heavy atom. The molecule has 0 radical (unpaired) electrons. The zero-order valence-corrected chi connectivity index (χ0v) is 13.1. The average molecular weight is 357 g/mol. The molecule has 0 aromatic heterocycles. The number of benzene rings is 1. The van der Waals surface area contributed by atoms with Crippen molar-refractivity contribution in [3.8, 4) is 0 Å². The molecule has 0 spiro atoms. The Balaban J connectivity index is 1.86. The van der Waals surface area contributed by atoms with Gasteiger partial charge in [0.25, 0.3) is 0 Å². The first-order valence-electron chi connectivity index (χ1n) is 6.71. The van der Waals surface area contributed by atoms with E-state index in [4.69, 9.17) is 9.84 Å². The van der Waals surface area contributed by atoms with Crippen LogP contribution in [0.5, 0.6) is 0 Å². The maximum atomic E-state index is 11.8. The lowest BCUT2D eigenvalue weighted by atomic mass is 9.89. The van der Waals surface area contributed by atoms with E-state index in [1.165, 1.54) is 6.07 Å². The number of hydrogen-bond acceptors (Lipinski definition) is 3. The first kappa shape index (κ1) is 15.8. The van der Waals surface area contributed by atoms with Crippen LogP contribution in [0.4, 0.5) is 10.5 Å². The van der Waals surface area contributed by atoms with Gasteiger partial charge in [0.1, 0.15) is 0 Å². The lowest BCUT2D eigenvalue weighted by Crippen LogP contribution is -2.49. The monoisotopic (exact) mass is 356 g/mol. The summed E-state index contributed by atoms with van der Waals surface area (Å²) in [6.45, 7) is 2.63. The zero-order chi connectivity index (χ0) is 15.4. The van der Waals surface area contributed by atoms with Crippen LogP contribution in [0.3, 0.4) is 0 Å². The number of rotatable bonds is 5. The Morgan fingerprint density at radius 2 is 2.14 bits per heavy atom. The number of hydrogen-bond donors (Lipinski definition) is 3. The van der Waals surface area contributed by atoms with Crippen LogP contribution in [0.2, 0.25) is 0 Å². The number of carboxylic acid groups (broad SMARTS) is 1. The molecule has 0 unspecified atom stereocenters. The number of ether oxygens (including phenoxy) is 1. The molecule has 2 amide bonds. The minimum Gasteiger partial charge on any atom is -0.478 e. The largest absolute Gasteiger partial charge is 0.478 e. The van der Waals surface area contributed by atoms with Crippen molar-refractivity contribution in [2.45, 2.75) is 31.9 Å². The molecule has 21 heavy (non-hydrogen) atoms. The number of nitrogens with one attached hydrogen (secondary N) is 2. The normalized spacial score (nSPS) is 20.5. The van der Waals surface area contributed by atoms with Crippen LogP contribution < -0.4 is 10.6 Å². The molecular formula is C14H17BrN2O4. The van der Waals surface area contributed by atoms with Crippen LogP contribution in [0.15, 0.2) is 22.7 Å². The second-order valence-electron chi connectivity index (χ2n) is 4.84. The third kappa shape index (κ3) is 4.18. The molecule has 1 aromatic carbocycles. The molecular weight excluding hydrogens is 340 g/mol. The minimum absolute atomic E-state index is 0.104. The van der Waals surface area contributed by atoms with Crippen molar-refractivity contribution < 1.29 is 19.4 Å². The lowest BCUT2D eigenvalue weighted by molar-refractivity contribution is -0.00673. The van der Waals surface area contributed by atoms with Gasteiger partial charge in [0.2, 0.25) is 0 Å². The summed E-state index contributed by atoms with van der Waals surface area (Å²) in [6.07, 6.45) is 1.84. The van der Waals surface area contributed by atoms with E-state index in [0.29, 0.717) is 16.8 Å². The van der Waals surface area contributed by atoms with Gasteiger partial charge in [-0.25, -0.2) is 9.59 Å². The average Bonchev–Trinajstić information content (AvgIpc) is 2.38. The molecule has 1 fully saturated rings. The Kier molecular flexibility index (Phi) is 5.19. The smallest absolute Gasteiger partial charge is 0.336 e. The SMILES string of the molecule is CCOC1CC(NC(=O)Nc2ccc(Br)c(C(=O)O)c2)C1. The predicted molar refractivity (Wildman–Crippen MR) is 81.7 cm³/mol. The predicted octanol–water partition coefficient (Wildman–Crippen LogP) is 2.84. The van der Waals surface area contributed by atoms with Gasteiger partial charge < -0.3 is 20.5 Å². The number of urea groups is 1. The first-order chi connectivity index (χ1) is 9.99. The van der Waals surface area contributed by atoms with E-state index in [9.17, 15) is 9.59 Å². The van der Waals surface area contributed by atoms with Gasteiger partial charge in [-0.05, 0) is 53.9 Å². The molecule has 0 bridgehead atoms. The highest BCUT2D eigenvalue weighted by molar-refractivity contribution is 9.10. The van der Waals surface area contributed by atoms with Crippen molar-refractivity contribution in [3.63, 3.8) is 0 Å². The van der Waals surface area contributed by atoms with Crippen LogP contribution in [0.1, 0.15) is 30.1 Å². The van der Waals surface area contributed by atoms with E-state index in [0.717, 1.165) is 12.8 Å². The molecule has 1 saturated carbocycles. The molecule has 0 atom stereocenters. The van der Waals surface area contributed by atoms with Crippen molar-refractivity contribution in [1.29, 1.82) is 0 Å². The molecule has 2 rings (SSSR count). The van der Waals surface area contributed by atoms with Crippen LogP contribution >= 0.6 is 15.9 Å². The molecule has 1 aliphatic rings. The van der Waals surface area contributed by atoms with Crippen molar-refractivity contribution in [3.05, 3.63) is 28.2 Å². The molecule has 0 heterocycles. The lowest BCUT2D eigenvalue weighted by Gasteiger charge is -2.35. The molecule has 0 saturated heterocycles. The summed E-state index contributed by atoms with van der Waals surface area (Å²) >= 11 is 3.16. The summed E-state index contributed by atoms with van der Waals surface area (Å²) in [5, 5.41) is 14.5. The fourth-order valence-corrected chi connectivity index (χ4v) is 2.59. The number of carboxylic acids is 1. The number of amides is 2. The first-order valence-corrected chi connectivity index (χ1v) is 7.51.